The maximum absolute atomic E-state index is 13.5. The van der Waals surface area contributed by atoms with Crippen LogP contribution in [0.4, 0.5) is 17.1 Å². The molecule has 4 rings (SSSR count). The average Bonchev–Trinajstić information content (AvgIpc) is 2.97. The number of anilines is 3. The van der Waals surface area contributed by atoms with E-state index in [2.05, 4.69) is 21.2 Å². The second-order valence-corrected chi connectivity index (χ2v) is 9.01. The first kappa shape index (κ1) is 26.9. The van der Waals surface area contributed by atoms with Gasteiger partial charge in [0.15, 0.2) is 6.61 Å². The second kappa shape index (κ2) is 12.9. The van der Waals surface area contributed by atoms with Gasteiger partial charge in [-0.25, -0.2) is 0 Å². The van der Waals surface area contributed by atoms with Crippen molar-refractivity contribution in [1.82, 2.24) is 4.90 Å². The molecule has 8 nitrogen and oxygen atoms in total. The van der Waals surface area contributed by atoms with Crippen LogP contribution in [0.25, 0.3) is 0 Å². The first-order valence-corrected chi connectivity index (χ1v) is 13.1. The normalized spacial score (nSPS) is 13.1. The molecule has 0 radical (unpaired) electrons. The molecule has 200 valence electrons. The number of carbonyl (C=O) groups excluding carboxylic acids is 2. The van der Waals surface area contributed by atoms with Crippen LogP contribution in [0, 0.1) is 0 Å². The van der Waals surface area contributed by atoms with E-state index in [1.807, 2.05) is 62.4 Å². The summed E-state index contributed by atoms with van der Waals surface area (Å²) >= 11 is 0. The van der Waals surface area contributed by atoms with Crippen molar-refractivity contribution in [3.8, 4) is 11.5 Å². The fourth-order valence-corrected chi connectivity index (χ4v) is 4.68. The summed E-state index contributed by atoms with van der Waals surface area (Å²) in [6.07, 6.45) is 0. The predicted molar refractivity (Wildman–Crippen MR) is 152 cm³/mol. The quantitative estimate of drug-likeness (QED) is 0.427. The number of piperazine rings is 1. The predicted octanol–water partition coefficient (Wildman–Crippen LogP) is 4.52. The Balaban J connectivity index is 1.50. The number of hydrogen-bond acceptors (Lipinski definition) is 6. The first-order valence-electron chi connectivity index (χ1n) is 13.1. The van der Waals surface area contributed by atoms with Gasteiger partial charge in [0, 0.05) is 50.6 Å². The van der Waals surface area contributed by atoms with Crippen LogP contribution in [0.15, 0.2) is 72.8 Å². The SMILES string of the molecule is CCN(CC)C(=O)c1cc(NC(=O)COc2ccccc2)ccc1N1CCN(c2ccccc2OC)CC1. The van der Waals surface area contributed by atoms with Crippen LogP contribution in [-0.2, 0) is 4.79 Å². The van der Waals surface area contributed by atoms with Crippen LogP contribution in [0.2, 0.25) is 0 Å². The lowest BCUT2D eigenvalue weighted by molar-refractivity contribution is -0.118. The highest BCUT2D eigenvalue weighted by molar-refractivity contribution is 6.02. The van der Waals surface area contributed by atoms with Crippen LogP contribution >= 0.6 is 0 Å². The van der Waals surface area contributed by atoms with Gasteiger partial charge in [0.2, 0.25) is 0 Å². The Bertz CT molecular complexity index is 1220. The molecule has 0 unspecified atom stereocenters. The zero-order valence-electron chi connectivity index (χ0n) is 22.4. The standard InChI is InChI=1S/C30H36N4O4/c1-4-32(5-2)30(36)25-21-23(31-29(35)22-38-24-11-7-6-8-12-24)15-16-26(25)33-17-19-34(20-18-33)27-13-9-10-14-28(27)37-3/h6-16,21H,4-5,17-20,22H2,1-3H3,(H,31,35). The molecule has 1 aliphatic heterocycles. The van der Waals surface area contributed by atoms with Gasteiger partial charge in [-0.2, -0.15) is 0 Å². The molecule has 1 heterocycles. The van der Waals surface area contributed by atoms with Gasteiger partial charge < -0.3 is 29.5 Å². The molecule has 0 bridgehead atoms. The molecule has 3 aromatic carbocycles. The highest BCUT2D eigenvalue weighted by Crippen LogP contribution is 2.31. The monoisotopic (exact) mass is 516 g/mol. The minimum Gasteiger partial charge on any atom is -0.495 e. The number of ether oxygens (including phenoxy) is 2. The van der Waals surface area contributed by atoms with Gasteiger partial charge in [-0.3, -0.25) is 9.59 Å². The van der Waals surface area contributed by atoms with Gasteiger partial charge in [-0.05, 0) is 56.3 Å². The lowest BCUT2D eigenvalue weighted by atomic mass is 10.1. The summed E-state index contributed by atoms with van der Waals surface area (Å²) in [5.74, 6) is 1.15. The van der Waals surface area contributed by atoms with E-state index in [1.165, 1.54) is 0 Å². The van der Waals surface area contributed by atoms with E-state index < -0.39 is 0 Å². The van der Waals surface area contributed by atoms with Gasteiger partial charge in [-0.1, -0.05) is 30.3 Å². The Labute approximate surface area is 224 Å². The Morgan fingerprint density at radius 2 is 1.47 bits per heavy atom. The number of benzene rings is 3. The summed E-state index contributed by atoms with van der Waals surface area (Å²) in [6.45, 7) is 8.16. The minimum absolute atomic E-state index is 0.0474. The summed E-state index contributed by atoms with van der Waals surface area (Å²) in [4.78, 5) is 32.4. The Hall–Kier alpha value is -4.20. The van der Waals surface area contributed by atoms with Gasteiger partial charge in [-0.15, -0.1) is 0 Å². The van der Waals surface area contributed by atoms with E-state index in [0.717, 1.165) is 43.3 Å². The molecule has 0 aliphatic carbocycles. The molecule has 38 heavy (non-hydrogen) atoms. The zero-order valence-corrected chi connectivity index (χ0v) is 22.4. The van der Waals surface area contributed by atoms with Crippen LogP contribution < -0.4 is 24.6 Å². The van der Waals surface area contributed by atoms with Crippen LogP contribution in [0.3, 0.4) is 0 Å². The van der Waals surface area contributed by atoms with E-state index in [-0.39, 0.29) is 18.4 Å². The van der Waals surface area contributed by atoms with E-state index in [4.69, 9.17) is 9.47 Å². The van der Waals surface area contributed by atoms with Crippen molar-refractivity contribution in [3.63, 3.8) is 0 Å². The number of para-hydroxylation sites is 3. The van der Waals surface area contributed by atoms with Crippen molar-refractivity contribution in [1.29, 1.82) is 0 Å². The maximum Gasteiger partial charge on any atom is 0.262 e. The largest absolute Gasteiger partial charge is 0.495 e. The van der Waals surface area contributed by atoms with Crippen LogP contribution in [0.5, 0.6) is 11.5 Å². The van der Waals surface area contributed by atoms with Crippen LogP contribution in [0.1, 0.15) is 24.2 Å². The Morgan fingerprint density at radius 3 is 2.13 bits per heavy atom. The van der Waals surface area contributed by atoms with Crippen molar-refractivity contribution in [2.24, 2.45) is 0 Å². The topological polar surface area (TPSA) is 74.4 Å². The number of amides is 2. The van der Waals surface area contributed by atoms with Gasteiger partial charge in [0.1, 0.15) is 11.5 Å². The molecule has 1 N–H and O–H groups in total. The molecule has 3 aromatic rings. The molecule has 8 heteroatoms. The molecule has 1 saturated heterocycles. The number of carbonyl (C=O) groups is 2. The minimum atomic E-state index is -0.284. The molecular formula is C30H36N4O4. The maximum atomic E-state index is 13.5. The molecule has 0 aromatic heterocycles. The number of nitrogens with one attached hydrogen (secondary N) is 1. The molecular weight excluding hydrogens is 480 g/mol. The summed E-state index contributed by atoms with van der Waals surface area (Å²) in [6, 6.07) is 22.8. The molecule has 0 atom stereocenters. The third kappa shape index (κ3) is 6.37. The van der Waals surface area contributed by atoms with Gasteiger partial charge in [0.05, 0.1) is 18.4 Å². The molecule has 1 aliphatic rings. The summed E-state index contributed by atoms with van der Waals surface area (Å²) in [5.41, 5.74) is 3.10. The van der Waals surface area contributed by atoms with Crippen molar-refractivity contribution in [2.45, 2.75) is 13.8 Å². The molecule has 0 spiro atoms. The highest BCUT2D eigenvalue weighted by atomic mass is 16.5. The van der Waals surface area contributed by atoms with Crippen molar-refractivity contribution < 1.29 is 19.1 Å². The van der Waals surface area contributed by atoms with Crippen molar-refractivity contribution in [2.75, 3.05) is 68.1 Å². The smallest absolute Gasteiger partial charge is 0.262 e. The Morgan fingerprint density at radius 1 is 0.842 bits per heavy atom. The summed E-state index contributed by atoms with van der Waals surface area (Å²) in [5, 5.41) is 2.88. The Kier molecular flexibility index (Phi) is 9.08. The molecule has 2 amide bonds. The summed E-state index contributed by atoms with van der Waals surface area (Å²) < 4.78 is 11.1. The summed E-state index contributed by atoms with van der Waals surface area (Å²) in [7, 11) is 1.69. The molecule has 1 fully saturated rings. The lowest BCUT2D eigenvalue weighted by Gasteiger charge is -2.38. The highest BCUT2D eigenvalue weighted by Gasteiger charge is 2.25. The number of rotatable bonds is 10. The molecule has 0 saturated carbocycles. The fraction of sp³-hybridized carbons (Fsp3) is 0.333. The lowest BCUT2D eigenvalue weighted by Crippen LogP contribution is -2.47. The van der Waals surface area contributed by atoms with Crippen molar-refractivity contribution in [3.05, 3.63) is 78.4 Å². The van der Waals surface area contributed by atoms with E-state index in [0.29, 0.717) is 30.1 Å². The third-order valence-electron chi connectivity index (χ3n) is 6.72. The fourth-order valence-electron chi connectivity index (χ4n) is 4.68. The van der Waals surface area contributed by atoms with E-state index >= 15 is 0 Å². The van der Waals surface area contributed by atoms with Crippen LogP contribution in [-0.4, -0.2) is 69.7 Å². The van der Waals surface area contributed by atoms with E-state index in [1.54, 1.807) is 30.2 Å². The first-order chi connectivity index (χ1) is 18.5. The van der Waals surface area contributed by atoms with Crippen molar-refractivity contribution >= 4 is 28.9 Å². The van der Waals surface area contributed by atoms with Gasteiger partial charge >= 0.3 is 0 Å². The number of methoxy groups -OCH3 is 1. The van der Waals surface area contributed by atoms with Gasteiger partial charge in [0.25, 0.3) is 11.8 Å². The third-order valence-corrected chi connectivity index (χ3v) is 6.72. The number of nitrogens with zero attached hydrogens (tertiary/aromatic N) is 3. The van der Waals surface area contributed by atoms with E-state index in [9.17, 15) is 9.59 Å². The zero-order chi connectivity index (χ0) is 26.9. The average molecular weight is 517 g/mol. The second-order valence-electron chi connectivity index (χ2n) is 9.01. The number of hydrogen-bond donors (Lipinski definition) is 1.